The molecule has 8 aromatic rings. The van der Waals surface area contributed by atoms with E-state index < -0.39 is 5.41 Å². The minimum Gasteiger partial charge on any atom is -0.135 e. The van der Waals surface area contributed by atoms with Crippen LogP contribution in [0, 0.1) is 5.92 Å². The molecule has 51 heavy (non-hydrogen) atoms. The molecule has 0 N–H and O–H groups in total. The molecule has 4 aliphatic rings. The van der Waals surface area contributed by atoms with Crippen LogP contribution in [0.3, 0.4) is 0 Å². The van der Waals surface area contributed by atoms with Gasteiger partial charge in [0.15, 0.2) is 0 Å². The molecule has 4 atom stereocenters. The van der Waals surface area contributed by atoms with E-state index in [0.717, 1.165) is 0 Å². The van der Waals surface area contributed by atoms with Gasteiger partial charge in [0.2, 0.25) is 0 Å². The molecular formula is C50H32S. The number of rotatable bonds is 2. The zero-order chi connectivity index (χ0) is 33.3. The first kappa shape index (κ1) is 28.0. The maximum atomic E-state index is 2.53. The molecule has 0 saturated heterocycles. The van der Waals surface area contributed by atoms with Crippen molar-refractivity contribution in [3.63, 3.8) is 0 Å². The fourth-order valence-electron chi connectivity index (χ4n) is 10.8. The van der Waals surface area contributed by atoms with Crippen LogP contribution in [0.4, 0.5) is 0 Å². The molecular weight excluding hydrogens is 633 g/mol. The Bertz CT molecular complexity index is 2830. The molecule has 4 aliphatic carbocycles. The van der Waals surface area contributed by atoms with Gasteiger partial charge in [0.05, 0.1) is 10.8 Å². The minimum absolute atomic E-state index is 0.251. The van der Waals surface area contributed by atoms with Crippen LogP contribution >= 0.6 is 11.3 Å². The molecule has 4 unspecified atom stereocenters. The van der Waals surface area contributed by atoms with Gasteiger partial charge in [0, 0.05) is 32.0 Å². The molecule has 1 aromatic heterocycles. The Labute approximate surface area is 301 Å². The van der Waals surface area contributed by atoms with Gasteiger partial charge in [0.1, 0.15) is 0 Å². The average Bonchev–Trinajstić information content (AvgIpc) is 3.83. The number of allylic oxidation sites excluding steroid dienone is 4. The van der Waals surface area contributed by atoms with Crippen LogP contribution in [0.25, 0.3) is 42.4 Å². The van der Waals surface area contributed by atoms with Crippen molar-refractivity contribution in [3.05, 3.63) is 227 Å². The predicted molar refractivity (Wildman–Crippen MR) is 213 cm³/mol. The normalized spacial score (nSPS) is 22.9. The summed E-state index contributed by atoms with van der Waals surface area (Å²) in [5.41, 5.74) is 15.9. The van der Waals surface area contributed by atoms with Crippen molar-refractivity contribution in [1.29, 1.82) is 0 Å². The summed E-state index contributed by atoms with van der Waals surface area (Å²) < 4.78 is 2.70. The summed E-state index contributed by atoms with van der Waals surface area (Å²) in [5, 5.41) is 2.70. The van der Waals surface area contributed by atoms with Crippen LogP contribution in [-0.2, 0) is 10.8 Å². The second kappa shape index (κ2) is 9.94. The number of benzene rings is 7. The monoisotopic (exact) mass is 664 g/mol. The maximum absolute atomic E-state index is 2.53. The van der Waals surface area contributed by atoms with Crippen molar-refractivity contribution in [2.75, 3.05) is 0 Å². The van der Waals surface area contributed by atoms with Crippen LogP contribution in [0.15, 0.2) is 182 Å². The van der Waals surface area contributed by atoms with Crippen molar-refractivity contribution in [2.45, 2.75) is 16.7 Å². The number of fused-ring (bicyclic) bond motifs is 15. The Morgan fingerprint density at radius 2 is 1.14 bits per heavy atom. The van der Waals surface area contributed by atoms with Crippen molar-refractivity contribution in [2.24, 2.45) is 5.92 Å². The largest absolute Gasteiger partial charge is 0.135 e. The first-order valence-electron chi connectivity index (χ1n) is 18.1. The summed E-state index contributed by atoms with van der Waals surface area (Å²) in [6.45, 7) is 0. The average molecular weight is 665 g/mol. The van der Waals surface area contributed by atoms with Gasteiger partial charge < -0.3 is 0 Å². The molecule has 1 heteroatoms. The third-order valence-electron chi connectivity index (χ3n) is 12.6. The zero-order valence-corrected chi connectivity index (χ0v) is 28.7. The maximum Gasteiger partial charge on any atom is 0.0719 e. The third-order valence-corrected chi connectivity index (χ3v) is 13.8. The fraction of sp³-hybridized carbons (Fsp3) is 0.0800. The standard InChI is InChI=1S/C50H32S/c1-2-13-33(14-3-1)49-40-19-7-4-15-34(40)37-18-12-23-45(48(37)49)50(44-22-10-9-21-43(44)49)41-20-8-5-16-35(41)38-29-31(25-27-42(38)50)32-26-28-47-39(30-32)36-17-6-11-24-46(36)51-47/h1-30,35,41H. The molecule has 0 aliphatic heterocycles. The highest BCUT2D eigenvalue weighted by atomic mass is 32.1. The van der Waals surface area contributed by atoms with Crippen LogP contribution in [-0.4, -0.2) is 0 Å². The molecule has 0 bridgehead atoms. The number of thiophene rings is 1. The predicted octanol–water partition coefficient (Wildman–Crippen LogP) is 12.6. The molecule has 0 nitrogen and oxygen atoms in total. The molecule has 1 spiro atoms. The first-order valence-corrected chi connectivity index (χ1v) is 18.9. The van der Waals surface area contributed by atoms with Gasteiger partial charge in [-0.25, -0.2) is 0 Å². The summed E-state index contributed by atoms with van der Waals surface area (Å²) in [5.74, 6) is 0.522. The van der Waals surface area contributed by atoms with Gasteiger partial charge in [-0.15, -0.1) is 11.3 Å². The van der Waals surface area contributed by atoms with Crippen molar-refractivity contribution < 1.29 is 0 Å². The van der Waals surface area contributed by atoms with Crippen LogP contribution in [0.5, 0.6) is 0 Å². The number of hydrogen-bond donors (Lipinski definition) is 0. The van der Waals surface area contributed by atoms with E-state index in [1.165, 1.54) is 86.9 Å². The smallest absolute Gasteiger partial charge is 0.0719 e. The SMILES string of the molecule is C1=CC2c3cc(-c4ccc5sc6ccccc6c5c4)ccc3C3(c4ccccc4C4(c5ccccc5)c5ccccc5-c5cccc3c54)C2C=C1. The van der Waals surface area contributed by atoms with Gasteiger partial charge >= 0.3 is 0 Å². The Kier molecular flexibility index (Phi) is 5.45. The third kappa shape index (κ3) is 3.32. The van der Waals surface area contributed by atoms with E-state index in [-0.39, 0.29) is 17.3 Å². The second-order valence-electron chi connectivity index (χ2n) is 14.7. The Morgan fingerprint density at radius 3 is 2.06 bits per heavy atom. The lowest BCUT2D eigenvalue weighted by molar-refractivity contribution is 0.433. The first-order chi connectivity index (χ1) is 25.3. The summed E-state index contributed by atoms with van der Waals surface area (Å²) >= 11 is 1.89. The lowest BCUT2D eigenvalue weighted by Crippen LogP contribution is -2.46. The van der Waals surface area contributed by atoms with E-state index in [9.17, 15) is 0 Å². The minimum atomic E-state index is -0.392. The Hall–Kier alpha value is -5.76. The van der Waals surface area contributed by atoms with Crippen LogP contribution < -0.4 is 0 Å². The molecule has 0 radical (unpaired) electrons. The highest BCUT2D eigenvalue weighted by Crippen LogP contribution is 2.69. The molecule has 1 heterocycles. The van der Waals surface area contributed by atoms with Gasteiger partial charge in [-0.05, 0) is 85.0 Å². The summed E-state index contributed by atoms with van der Waals surface area (Å²) in [7, 11) is 0. The second-order valence-corrected chi connectivity index (χ2v) is 15.8. The van der Waals surface area contributed by atoms with Gasteiger partial charge in [0.25, 0.3) is 0 Å². The molecule has 238 valence electrons. The molecule has 0 fully saturated rings. The lowest BCUT2D eigenvalue weighted by Gasteiger charge is -2.50. The topological polar surface area (TPSA) is 0 Å². The lowest BCUT2D eigenvalue weighted by atomic mass is 9.51. The summed E-state index contributed by atoms with van der Waals surface area (Å²) in [6.07, 6.45) is 9.55. The fourth-order valence-corrected chi connectivity index (χ4v) is 11.9. The zero-order valence-electron chi connectivity index (χ0n) is 27.9. The van der Waals surface area contributed by atoms with Gasteiger partial charge in [-0.2, -0.15) is 0 Å². The van der Waals surface area contributed by atoms with E-state index in [1.54, 1.807) is 0 Å². The Balaban J connectivity index is 1.17. The summed E-state index contributed by atoms with van der Waals surface area (Å²) in [6, 6.07) is 60.4. The number of hydrogen-bond acceptors (Lipinski definition) is 1. The van der Waals surface area contributed by atoms with E-state index >= 15 is 0 Å². The van der Waals surface area contributed by atoms with Crippen LogP contribution in [0.1, 0.15) is 50.4 Å². The van der Waals surface area contributed by atoms with E-state index in [0.29, 0.717) is 0 Å². The molecule has 7 aromatic carbocycles. The summed E-state index contributed by atoms with van der Waals surface area (Å²) in [4.78, 5) is 0. The van der Waals surface area contributed by atoms with Crippen molar-refractivity contribution in [3.8, 4) is 22.3 Å². The van der Waals surface area contributed by atoms with E-state index in [4.69, 9.17) is 0 Å². The quantitative estimate of drug-likeness (QED) is 0.173. The van der Waals surface area contributed by atoms with E-state index in [1.807, 2.05) is 11.3 Å². The van der Waals surface area contributed by atoms with Crippen molar-refractivity contribution >= 4 is 31.5 Å². The van der Waals surface area contributed by atoms with Gasteiger partial charge in [-0.3, -0.25) is 0 Å². The van der Waals surface area contributed by atoms with Gasteiger partial charge in [-0.1, -0.05) is 164 Å². The highest BCUT2D eigenvalue weighted by Gasteiger charge is 2.62. The molecule has 12 rings (SSSR count). The highest BCUT2D eigenvalue weighted by molar-refractivity contribution is 7.25. The van der Waals surface area contributed by atoms with Crippen molar-refractivity contribution in [1.82, 2.24) is 0 Å². The van der Waals surface area contributed by atoms with Crippen LogP contribution in [0.2, 0.25) is 0 Å². The Morgan fingerprint density at radius 1 is 0.451 bits per heavy atom. The van der Waals surface area contributed by atoms with E-state index in [2.05, 4.69) is 182 Å². The molecule has 0 amide bonds. The molecule has 0 saturated carbocycles.